The lowest BCUT2D eigenvalue weighted by Crippen LogP contribution is -2.42. The maximum Gasteiger partial charge on any atom is 0.231 e. The van der Waals surface area contributed by atoms with Gasteiger partial charge in [-0.2, -0.15) is 15.0 Å². The van der Waals surface area contributed by atoms with E-state index < -0.39 is 0 Å². The molecule has 1 aromatic heterocycles. The number of fused-ring (bicyclic) bond motifs is 1. The number of piperidine rings is 1. The van der Waals surface area contributed by atoms with Crippen molar-refractivity contribution >= 4 is 23.5 Å². The van der Waals surface area contributed by atoms with Gasteiger partial charge in [0, 0.05) is 19.6 Å². The zero-order chi connectivity index (χ0) is 13.9. The van der Waals surface area contributed by atoms with Gasteiger partial charge in [-0.25, -0.2) is 0 Å². The third-order valence-electron chi connectivity index (χ3n) is 4.51. The molecule has 5 nitrogen and oxygen atoms in total. The Balaban J connectivity index is 1.75. The van der Waals surface area contributed by atoms with Gasteiger partial charge in [-0.05, 0) is 43.2 Å². The van der Waals surface area contributed by atoms with Crippen LogP contribution in [0.1, 0.15) is 39.0 Å². The smallest absolute Gasteiger partial charge is 0.231 e. The second-order valence-electron chi connectivity index (χ2n) is 5.80. The molecule has 2 unspecified atom stereocenters. The van der Waals surface area contributed by atoms with Crippen molar-refractivity contribution in [1.82, 2.24) is 15.0 Å². The largest absolute Gasteiger partial charge is 0.354 e. The van der Waals surface area contributed by atoms with Gasteiger partial charge in [0.15, 0.2) is 0 Å². The van der Waals surface area contributed by atoms with E-state index in [2.05, 4.69) is 25.2 Å². The number of nitrogens with zero attached hydrogens (tertiary/aromatic N) is 4. The van der Waals surface area contributed by atoms with E-state index in [0.717, 1.165) is 37.4 Å². The Hall–Kier alpha value is -1.10. The molecule has 1 saturated heterocycles. The van der Waals surface area contributed by atoms with Crippen molar-refractivity contribution in [3.05, 3.63) is 5.28 Å². The molecule has 0 radical (unpaired) electrons. The normalized spacial score (nSPS) is 26.2. The molecule has 1 N–H and O–H groups in total. The first-order chi connectivity index (χ1) is 9.76. The molecule has 1 aliphatic heterocycles. The van der Waals surface area contributed by atoms with Gasteiger partial charge in [-0.3, -0.25) is 0 Å². The Morgan fingerprint density at radius 2 is 1.95 bits per heavy atom. The van der Waals surface area contributed by atoms with Crippen LogP contribution in [0.25, 0.3) is 0 Å². The number of anilines is 2. The van der Waals surface area contributed by atoms with E-state index in [4.69, 9.17) is 11.6 Å². The standard InChI is InChI=1S/C14H22ClN5/c1-2-16-13-17-12(15)18-14(19-13)20-8-7-10-5-3-4-6-11(10)9-20/h10-11H,2-9H2,1H3,(H,16,17,18,19). The fraction of sp³-hybridized carbons (Fsp3) is 0.786. The van der Waals surface area contributed by atoms with Gasteiger partial charge in [0.25, 0.3) is 0 Å². The highest BCUT2D eigenvalue weighted by atomic mass is 35.5. The van der Waals surface area contributed by atoms with E-state index in [1.165, 1.54) is 32.1 Å². The minimum Gasteiger partial charge on any atom is -0.354 e. The van der Waals surface area contributed by atoms with Crippen molar-refractivity contribution in [2.24, 2.45) is 11.8 Å². The highest BCUT2D eigenvalue weighted by Crippen LogP contribution is 2.36. The summed E-state index contributed by atoms with van der Waals surface area (Å²) in [5.41, 5.74) is 0. The van der Waals surface area contributed by atoms with Crippen molar-refractivity contribution in [3.63, 3.8) is 0 Å². The summed E-state index contributed by atoms with van der Waals surface area (Å²) >= 11 is 6.01. The van der Waals surface area contributed by atoms with E-state index in [1.807, 2.05) is 6.92 Å². The summed E-state index contributed by atoms with van der Waals surface area (Å²) in [4.78, 5) is 15.2. The molecular formula is C14H22ClN5. The average molecular weight is 296 g/mol. The molecule has 0 amide bonds. The van der Waals surface area contributed by atoms with Crippen molar-refractivity contribution in [1.29, 1.82) is 0 Å². The maximum absolute atomic E-state index is 6.01. The number of nitrogens with one attached hydrogen (secondary N) is 1. The number of aromatic nitrogens is 3. The van der Waals surface area contributed by atoms with Crippen LogP contribution in [0.5, 0.6) is 0 Å². The molecule has 2 aliphatic rings. The molecule has 20 heavy (non-hydrogen) atoms. The van der Waals surface area contributed by atoms with Crippen molar-refractivity contribution in [2.75, 3.05) is 29.9 Å². The van der Waals surface area contributed by atoms with Crippen LogP contribution in [-0.2, 0) is 0 Å². The van der Waals surface area contributed by atoms with E-state index >= 15 is 0 Å². The number of halogens is 1. The number of rotatable bonds is 3. The second-order valence-corrected chi connectivity index (χ2v) is 6.14. The van der Waals surface area contributed by atoms with Crippen LogP contribution in [0.3, 0.4) is 0 Å². The molecule has 3 rings (SSSR count). The van der Waals surface area contributed by atoms with E-state index in [0.29, 0.717) is 5.95 Å². The third-order valence-corrected chi connectivity index (χ3v) is 4.67. The molecule has 2 fully saturated rings. The van der Waals surface area contributed by atoms with E-state index in [-0.39, 0.29) is 5.28 Å². The van der Waals surface area contributed by atoms with Gasteiger partial charge in [0.2, 0.25) is 17.2 Å². The lowest BCUT2D eigenvalue weighted by molar-refractivity contribution is 0.201. The molecule has 0 bridgehead atoms. The topological polar surface area (TPSA) is 53.9 Å². The second kappa shape index (κ2) is 6.12. The third kappa shape index (κ3) is 2.97. The summed E-state index contributed by atoms with van der Waals surface area (Å²) in [6, 6.07) is 0. The highest BCUT2D eigenvalue weighted by molar-refractivity contribution is 6.28. The van der Waals surface area contributed by atoms with Gasteiger partial charge in [0.1, 0.15) is 0 Å². The first kappa shape index (κ1) is 13.9. The van der Waals surface area contributed by atoms with E-state index in [9.17, 15) is 0 Å². The molecule has 2 heterocycles. The minimum absolute atomic E-state index is 0.275. The molecular weight excluding hydrogens is 274 g/mol. The molecule has 0 spiro atoms. The van der Waals surface area contributed by atoms with Gasteiger partial charge < -0.3 is 10.2 Å². The van der Waals surface area contributed by atoms with Crippen LogP contribution >= 0.6 is 11.6 Å². The fourth-order valence-electron chi connectivity index (χ4n) is 3.50. The Morgan fingerprint density at radius 1 is 1.15 bits per heavy atom. The van der Waals surface area contributed by atoms with Crippen LogP contribution in [0.2, 0.25) is 5.28 Å². The summed E-state index contributed by atoms with van der Waals surface area (Å²) in [5.74, 6) is 3.01. The first-order valence-electron chi connectivity index (χ1n) is 7.66. The number of hydrogen-bond donors (Lipinski definition) is 1. The average Bonchev–Trinajstić information content (AvgIpc) is 2.46. The van der Waals surface area contributed by atoms with Gasteiger partial charge in [0.05, 0.1) is 0 Å². The van der Waals surface area contributed by atoms with Crippen LogP contribution in [0, 0.1) is 11.8 Å². The van der Waals surface area contributed by atoms with Gasteiger partial charge >= 0.3 is 0 Å². The summed E-state index contributed by atoms with van der Waals surface area (Å²) in [5, 5.41) is 3.39. The fourth-order valence-corrected chi connectivity index (χ4v) is 3.66. The Morgan fingerprint density at radius 3 is 2.75 bits per heavy atom. The SMILES string of the molecule is CCNc1nc(Cl)nc(N2CCC3CCCCC3C2)n1. The zero-order valence-corrected chi connectivity index (χ0v) is 12.7. The lowest BCUT2D eigenvalue weighted by atomic mass is 9.75. The van der Waals surface area contributed by atoms with Gasteiger partial charge in [-0.15, -0.1) is 0 Å². The Labute approximate surface area is 125 Å². The first-order valence-corrected chi connectivity index (χ1v) is 8.04. The maximum atomic E-state index is 6.01. The summed E-state index contributed by atoms with van der Waals surface area (Å²) < 4.78 is 0. The molecule has 0 aromatic carbocycles. The van der Waals surface area contributed by atoms with Crippen LogP contribution in [0.4, 0.5) is 11.9 Å². The molecule has 110 valence electrons. The van der Waals surface area contributed by atoms with Gasteiger partial charge in [-0.1, -0.05) is 19.3 Å². The molecule has 1 aliphatic carbocycles. The van der Waals surface area contributed by atoms with Crippen LogP contribution < -0.4 is 10.2 Å². The summed E-state index contributed by atoms with van der Waals surface area (Å²) in [7, 11) is 0. The van der Waals surface area contributed by atoms with Crippen LogP contribution in [0.15, 0.2) is 0 Å². The van der Waals surface area contributed by atoms with E-state index in [1.54, 1.807) is 0 Å². The monoisotopic (exact) mass is 295 g/mol. The number of hydrogen-bond acceptors (Lipinski definition) is 5. The summed E-state index contributed by atoms with van der Waals surface area (Å²) in [6.45, 7) is 4.90. The van der Waals surface area contributed by atoms with Crippen molar-refractivity contribution < 1.29 is 0 Å². The molecule has 2 atom stereocenters. The highest BCUT2D eigenvalue weighted by Gasteiger charge is 2.32. The Kier molecular flexibility index (Phi) is 4.24. The van der Waals surface area contributed by atoms with Crippen molar-refractivity contribution in [2.45, 2.75) is 39.0 Å². The predicted octanol–water partition coefficient (Wildman–Crippen LogP) is 2.97. The molecule has 6 heteroatoms. The quantitative estimate of drug-likeness (QED) is 0.929. The van der Waals surface area contributed by atoms with Crippen LogP contribution in [-0.4, -0.2) is 34.6 Å². The lowest BCUT2D eigenvalue weighted by Gasteiger charge is -2.41. The predicted molar refractivity (Wildman–Crippen MR) is 81.3 cm³/mol. The zero-order valence-electron chi connectivity index (χ0n) is 12.0. The Bertz CT molecular complexity index is 467. The molecule has 1 aromatic rings. The minimum atomic E-state index is 0.275. The summed E-state index contributed by atoms with van der Waals surface area (Å²) in [6.07, 6.45) is 6.78. The molecule has 1 saturated carbocycles. The van der Waals surface area contributed by atoms with Crippen molar-refractivity contribution in [3.8, 4) is 0 Å².